The highest BCUT2D eigenvalue weighted by Crippen LogP contribution is 2.45. The normalized spacial score (nSPS) is 23.6. The quantitative estimate of drug-likeness (QED) is 0.392. The van der Waals surface area contributed by atoms with Gasteiger partial charge in [0.25, 0.3) is 5.91 Å². The van der Waals surface area contributed by atoms with Gasteiger partial charge in [0.05, 0.1) is 15.6 Å². The molecule has 0 bridgehead atoms. The van der Waals surface area contributed by atoms with E-state index in [1.54, 1.807) is 11.8 Å². The molecule has 0 unspecified atom stereocenters. The number of fused-ring (bicyclic) bond motifs is 1. The maximum atomic E-state index is 13.0. The molecule has 3 nitrogen and oxygen atoms in total. The summed E-state index contributed by atoms with van der Waals surface area (Å²) in [6, 6.07) is 8.78. The van der Waals surface area contributed by atoms with Gasteiger partial charge in [-0.05, 0) is 50.5 Å². The van der Waals surface area contributed by atoms with Crippen LogP contribution in [0.2, 0.25) is 0 Å². The zero-order valence-electron chi connectivity index (χ0n) is 16.9. The summed E-state index contributed by atoms with van der Waals surface area (Å²) in [6.45, 7) is 5.11. The van der Waals surface area contributed by atoms with Gasteiger partial charge in [-0.3, -0.25) is 9.69 Å². The van der Waals surface area contributed by atoms with Crippen LogP contribution in [-0.2, 0) is 4.79 Å². The van der Waals surface area contributed by atoms with Crippen LogP contribution in [0, 0.1) is 0 Å². The summed E-state index contributed by atoms with van der Waals surface area (Å²) in [5, 5.41) is 1.22. The van der Waals surface area contributed by atoms with Gasteiger partial charge in [0.2, 0.25) is 0 Å². The third-order valence-corrected chi connectivity index (χ3v) is 8.28. The molecule has 0 atom stereocenters. The van der Waals surface area contributed by atoms with E-state index in [0.717, 1.165) is 34.2 Å². The van der Waals surface area contributed by atoms with Crippen molar-refractivity contribution in [1.82, 2.24) is 4.90 Å². The molecular weight excluding hydrogens is 416 g/mol. The largest absolute Gasteiger partial charge is 0.335 e. The highest BCUT2D eigenvalue weighted by molar-refractivity contribution is 8.26. The Balaban J connectivity index is 1.50. The van der Waals surface area contributed by atoms with Crippen molar-refractivity contribution < 1.29 is 4.79 Å². The van der Waals surface area contributed by atoms with Crippen molar-refractivity contribution in [2.75, 3.05) is 11.4 Å². The number of carbonyl (C=O) groups excluding carboxylic acids is 1. The Morgan fingerprint density at radius 2 is 1.97 bits per heavy atom. The predicted octanol–water partition coefficient (Wildman–Crippen LogP) is 6.48. The molecule has 1 saturated carbocycles. The van der Waals surface area contributed by atoms with Crippen LogP contribution in [0.3, 0.4) is 0 Å². The number of thiocarbonyl (C=S) groups is 1. The maximum Gasteiger partial charge on any atom is 0.266 e. The van der Waals surface area contributed by atoms with Crippen LogP contribution < -0.4 is 4.90 Å². The summed E-state index contributed by atoms with van der Waals surface area (Å²) < 4.78 is 0.724. The molecule has 2 heterocycles. The Bertz CT molecular complexity index is 912. The van der Waals surface area contributed by atoms with Gasteiger partial charge in [-0.25, -0.2) is 0 Å². The topological polar surface area (TPSA) is 23.6 Å². The smallest absolute Gasteiger partial charge is 0.266 e. The van der Waals surface area contributed by atoms with Crippen molar-refractivity contribution in [1.29, 1.82) is 0 Å². The molecule has 1 saturated heterocycles. The second kappa shape index (κ2) is 9.11. The van der Waals surface area contributed by atoms with E-state index in [9.17, 15) is 4.79 Å². The number of benzene rings is 1. The van der Waals surface area contributed by atoms with Crippen molar-refractivity contribution >= 4 is 51.7 Å². The third-order valence-electron chi connectivity index (χ3n) is 5.63. The summed E-state index contributed by atoms with van der Waals surface area (Å²) in [4.78, 5) is 19.3. The molecule has 1 aromatic rings. The summed E-state index contributed by atoms with van der Waals surface area (Å²) in [5.74, 6) is 0.0968. The lowest BCUT2D eigenvalue weighted by atomic mass is 9.94. The molecule has 0 aromatic heterocycles. The minimum atomic E-state index is 0.0968. The van der Waals surface area contributed by atoms with Crippen LogP contribution in [0.5, 0.6) is 0 Å². The van der Waals surface area contributed by atoms with Gasteiger partial charge in [-0.15, -0.1) is 0 Å². The number of hydrogen-bond acceptors (Lipinski definition) is 5. The lowest BCUT2D eigenvalue weighted by Crippen LogP contribution is -2.39. The Morgan fingerprint density at radius 1 is 1.21 bits per heavy atom. The zero-order chi connectivity index (χ0) is 20.4. The summed E-state index contributed by atoms with van der Waals surface area (Å²) >= 11 is 8.81. The van der Waals surface area contributed by atoms with Crippen LogP contribution in [0.1, 0.15) is 46.0 Å². The number of hydrogen-bond donors (Lipinski definition) is 0. The van der Waals surface area contributed by atoms with Crippen molar-refractivity contribution in [3.8, 4) is 0 Å². The molecule has 1 aromatic carbocycles. The number of para-hydroxylation sites is 1. The highest BCUT2D eigenvalue weighted by atomic mass is 32.2. The van der Waals surface area contributed by atoms with E-state index in [1.165, 1.54) is 46.6 Å². The number of amides is 1. The number of anilines is 1. The van der Waals surface area contributed by atoms with Crippen LogP contribution in [0.25, 0.3) is 0 Å². The molecule has 2 fully saturated rings. The highest BCUT2D eigenvalue weighted by Gasteiger charge is 2.38. The fraction of sp³-hybridized carbons (Fsp3) is 0.391. The van der Waals surface area contributed by atoms with Crippen LogP contribution in [-0.4, -0.2) is 27.7 Å². The summed E-state index contributed by atoms with van der Waals surface area (Å²) in [6.07, 6.45) is 12.0. The van der Waals surface area contributed by atoms with Crippen molar-refractivity contribution in [3.05, 3.63) is 58.0 Å². The molecule has 2 aliphatic heterocycles. The number of thioether (sulfide) groups is 2. The molecule has 152 valence electrons. The first-order valence-corrected chi connectivity index (χ1v) is 12.3. The average molecular weight is 443 g/mol. The molecule has 29 heavy (non-hydrogen) atoms. The van der Waals surface area contributed by atoms with Crippen molar-refractivity contribution in [2.24, 2.45) is 0 Å². The maximum absolute atomic E-state index is 13.0. The molecule has 6 heteroatoms. The summed E-state index contributed by atoms with van der Waals surface area (Å²) in [5.41, 5.74) is 2.26. The predicted molar refractivity (Wildman–Crippen MR) is 129 cm³/mol. The Morgan fingerprint density at radius 3 is 2.72 bits per heavy atom. The second-order valence-corrected chi connectivity index (χ2v) is 10.2. The monoisotopic (exact) mass is 442 g/mol. The van der Waals surface area contributed by atoms with Gasteiger partial charge in [0.1, 0.15) is 4.32 Å². The van der Waals surface area contributed by atoms with E-state index in [4.69, 9.17) is 12.2 Å². The minimum absolute atomic E-state index is 0.0968. The standard InChI is InChI=1S/C23H26N2OS3/c1-3-24-18-13-7-8-14-19(18)28-20(24)15-9-10-16(2)21-22(26)25(23(27)29-21)17-11-5-4-6-12-17/h7-10,13-15,17H,3-6,11-12H2,1-2H3/b10-9+,20-15-,21-16+. The van der Waals surface area contributed by atoms with Gasteiger partial charge >= 0.3 is 0 Å². The molecule has 3 aliphatic rings. The number of carbonyl (C=O) groups is 1. The van der Waals surface area contributed by atoms with Gasteiger partial charge in [-0.2, -0.15) is 0 Å². The lowest BCUT2D eigenvalue weighted by molar-refractivity contribution is -0.124. The molecule has 0 N–H and O–H groups in total. The van der Waals surface area contributed by atoms with Crippen LogP contribution in [0.15, 0.2) is 62.9 Å². The molecule has 0 spiro atoms. The first kappa shape index (κ1) is 20.8. The molecule has 1 aliphatic carbocycles. The first-order valence-electron chi connectivity index (χ1n) is 10.3. The molecule has 4 rings (SSSR count). The van der Waals surface area contributed by atoms with E-state index in [-0.39, 0.29) is 5.91 Å². The molecular formula is C23H26N2OS3. The second-order valence-electron chi connectivity index (χ2n) is 7.53. The Kier molecular flexibility index (Phi) is 6.52. The average Bonchev–Trinajstić information content (AvgIpc) is 3.24. The fourth-order valence-electron chi connectivity index (χ4n) is 4.13. The van der Waals surface area contributed by atoms with Gasteiger partial charge in [-0.1, -0.05) is 79.3 Å². The van der Waals surface area contributed by atoms with Crippen LogP contribution in [0.4, 0.5) is 5.69 Å². The summed E-state index contributed by atoms with van der Waals surface area (Å²) in [7, 11) is 0. The molecule has 1 amide bonds. The number of allylic oxidation sites excluding steroid dienone is 4. The van der Waals surface area contributed by atoms with E-state index >= 15 is 0 Å². The van der Waals surface area contributed by atoms with E-state index in [2.05, 4.69) is 48.2 Å². The first-order chi connectivity index (χ1) is 14.1. The minimum Gasteiger partial charge on any atom is -0.335 e. The van der Waals surface area contributed by atoms with Crippen LogP contribution >= 0.6 is 35.7 Å². The number of nitrogens with zero attached hydrogens (tertiary/aromatic N) is 2. The van der Waals surface area contributed by atoms with E-state index in [0.29, 0.717) is 6.04 Å². The SMILES string of the molecule is CCN1/C(=C/C=C/C(C)=C2/SC(=S)N(C3CCCCC3)C2=O)Sc2ccccc21. The van der Waals surface area contributed by atoms with Crippen molar-refractivity contribution in [2.45, 2.75) is 56.9 Å². The Hall–Kier alpha value is -1.50. The van der Waals surface area contributed by atoms with Gasteiger partial charge in [0.15, 0.2) is 0 Å². The molecule has 0 radical (unpaired) electrons. The van der Waals surface area contributed by atoms with Gasteiger partial charge in [0, 0.05) is 17.5 Å². The zero-order valence-corrected chi connectivity index (χ0v) is 19.3. The number of rotatable bonds is 4. The Labute approximate surface area is 187 Å². The lowest BCUT2D eigenvalue weighted by Gasteiger charge is -2.29. The van der Waals surface area contributed by atoms with Crippen molar-refractivity contribution in [3.63, 3.8) is 0 Å². The van der Waals surface area contributed by atoms with E-state index in [1.807, 2.05) is 17.9 Å². The third kappa shape index (κ3) is 4.21. The fourth-order valence-corrected chi connectivity index (χ4v) is 6.67. The van der Waals surface area contributed by atoms with E-state index < -0.39 is 0 Å². The van der Waals surface area contributed by atoms with Gasteiger partial charge < -0.3 is 4.90 Å².